The van der Waals surface area contributed by atoms with Crippen molar-refractivity contribution < 1.29 is 8.42 Å². The second-order valence-electron chi connectivity index (χ2n) is 3.92. The van der Waals surface area contributed by atoms with Crippen molar-refractivity contribution >= 4 is 21.7 Å². The zero-order valence-corrected chi connectivity index (χ0v) is 9.71. The summed E-state index contributed by atoms with van der Waals surface area (Å²) in [6, 6.07) is 1.67. The summed E-state index contributed by atoms with van der Waals surface area (Å²) in [5.41, 5.74) is 6.92. The number of nitrogen functional groups attached to an aromatic ring is 1. The largest absolute Gasteiger partial charge is 0.397 e. The number of nitrogens with two attached hydrogens (primary N) is 1. The Kier molecular flexibility index (Phi) is 2.73. The molecule has 0 atom stereocenters. The Labute approximate surface area is 94.4 Å². The first-order chi connectivity index (χ1) is 7.46. The van der Waals surface area contributed by atoms with E-state index in [1.165, 1.54) is 6.20 Å². The monoisotopic (exact) mass is 242 g/mol. The first-order valence-corrected chi connectivity index (χ1v) is 6.47. The van der Waals surface area contributed by atoms with Gasteiger partial charge in [0, 0.05) is 6.04 Å². The summed E-state index contributed by atoms with van der Waals surface area (Å²) in [7, 11) is -3.50. The third-order valence-corrected chi connectivity index (χ3v) is 3.41. The van der Waals surface area contributed by atoms with Crippen LogP contribution in [-0.2, 0) is 10.2 Å². The fraction of sp³-hybridized carbons (Fsp3) is 0.444. The lowest BCUT2D eigenvalue weighted by atomic mass is 10.2. The Hall–Kier alpha value is -1.34. The second-order valence-corrected chi connectivity index (χ2v) is 5.37. The molecule has 4 N–H and O–H groups in total. The molecule has 6 nitrogen and oxygen atoms in total. The van der Waals surface area contributed by atoms with Gasteiger partial charge in [-0.25, -0.2) is 4.98 Å². The number of nitrogens with one attached hydrogen (secondary N) is 2. The van der Waals surface area contributed by atoms with Gasteiger partial charge in [-0.15, -0.1) is 0 Å². The minimum absolute atomic E-state index is 0.0763. The molecule has 16 heavy (non-hydrogen) atoms. The summed E-state index contributed by atoms with van der Waals surface area (Å²) >= 11 is 0. The molecule has 1 aliphatic rings. The van der Waals surface area contributed by atoms with Crippen LogP contribution in [0, 0.1) is 6.92 Å². The van der Waals surface area contributed by atoms with Crippen LogP contribution in [0.1, 0.15) is 18.4 Å². The zero-order chi connectivity index (χ0) is 11.8. The average Bonchev–Trinajstić information content (AvgIpc) is 2.94. The molecule has 1 saturated carbocycles. The zero-order valence-electron chi connectivity index (χ0n) is 8.90. The summed E-state index contributed by atoms with van der Waals surface area (Å²) in [5, 5.41) is 0. The molecule has 1 heterocycles. The molecular formula is C9H14N4O2S. The number of aromatic nitrogens is 1. The first-order valence-electron chi connectivity index (χ1n) is 4.98. The number of pyridine rings is 1. The number of hydrogen-bond donors (Lipinski definition) is 3. The van der Waals surface area contributed by atoms with E-state index in [1.54, 1.807) is 13.0 Å². The molecule has 0 amide bonds. The van der Waals surface area contributed by atoms with Gasteiger partial charge in [0.1, 0.15) is 5.82 Å². The van der Waals surface area contributed by atoms with Gasteiger partial charge in [0.15, 0.2) is 0 Å². The summed E-state index contributed by atoms with van der Waals surface area (Å²) in [4.78, 5) is 3.90. The maximum Gasteiger partial charge on any atom is 0.300 e. The van der Waals surface area contributed by atoms with Crippen LogP contribution in [0.5, 0.6) is 0 Å². The van der Waals surface area contributed by atoms with Gasteiger partial charge in [-0.2, -0.15) is 13.1 Å². The quantitative estimate of drug-likeness (QED) is 0.711. The normalized spacial score (nSPS) is 16.1. The van der Waals surface area contributed by atoms with E-state index >= 15 is 0 Å². The van der Waals surface area contributed by atoms with E-state index in [0.717, 1.165) is 18.4 Å². The number of anilines is 2. The van der Waals surface area contributed by atoms with Crippen LogP contribution in [0.15, 0.2) is 12.3 Å². The van der Waals surface area contributed by atoms with Gasteiger partial charge in [0.25, 0.3) is 0 Å². The maximum absolute atomic E-state index is 11.6. The van der Waals surface area contributed by atoms with E-state index in [0.29, 0.717) is 5.69 Å². The van der Waals surface area contributed by atoms with Crippen molar-refractivity contribution in [3.63, 3.8) is 0 Å². The molecular weight excluding hydrogens is 228 g/mol. The van der Waals surface area contributed by atoms with Crippen molar-refractivity contribution in [2.75, 3.05) is 10.5 Å². The van der Waals surface area contributed by atoms with Gasteiger partial charge >= 0.3 is 10.2 Å². The first kappa shape index (κ1) is 11.2. The fourth-order valence-corrected chi connectivity index (χ4v) is 2.33. The van der Waals surface area contributed by atoms with Crippen molar-refractivity contribution in [2.45, 2.75) is 25.8 Å². The van der Waals surface area contributed by atoms with E-state index in [1.807, 2.05) is 0 Å². The lowest BCUT2D eigenvalue weighted by molar-refractivity contribution is 0.586. The van der Waals surface area contributed by atoms with Gasteiger partial charge < -0.3 is 5.73 Å². The topological polar surface area (TPSA) is 97.1 Å². The minimum atomic E-state index is -3.50. The Morgan fingerprint density at radius 2 is 2.19 bits per heavy atom. The van der Waals surface area contributed by atoms with E-state index in [-0.39, 0.29) is 11.9 Å². The van der Waals surface area contributed by atoms with E-state index < -0.39 is 10.2 Å². The molecule has 0 spiro atoms. The highest BCUT2D eigenvalue weighted by Gasteiger charge is 2.26. The Morgan fingerprint density at radius 1 is 1.50 bits per heavy atom. The standard InChI is InChI=1S/C9H14N4O2S/c1-6-4-9(11-5-8(6)10)13-16(14,15)12-7-2-3-7/h4-5,7,12H,2-3,10H2,1H3,(H,11,13). The van der Waals surface area contributed by atoms with E-state index in [9.17, 15) is 8.42 Å². The Balaban J connectivity index is 2.10. The van der Waals surface area contributed by atoms with Crippen LogP contribution in [-0.4, -0.2) is 19.4 Å². The highest BCUT2D eigenvalue weighted by molar-refractivity contribution is 7.90. The van der Waals surface area contributed by atoms with Crippen molar-refractivity contribution in [3.05, 3.63) is 17.8 Å². The van der Waals surface area contributed by atoms with Gasteiger partial charge in [0.2, 0.25) is 0 Å². The van der Waals surface area contributed by atoms with Crippen molar-refractivity contribution in [3.8, 4) is 0 Å². The summed E-state index contributed by atoms with van der Waals surface area (Å²) < 4.78 is 28.0. The van der Waals surface area contributed by atoms with Crippen molar-refractivity contribution in [1.82, 2.24) is 9.71 Å². The number of hydrogen-bond acceptors (Lipinski definition) is 4. The molecule has 0 saturated heterocycles. The molecule has 0 aromatic carbocycles. The third-order valence-electron chi connectivity index (χ3n) is 2.29. The average molecular weight is 242 g/mol. The molecule has 2 rings (SSSR count). The second kappa shape index (κ2) is 3.91. The molecule has 1 aliphatic carbocycles. The van der Waals surface area contributed by atoms with Gasteiger partial charge in [0.05, 0.1) is 11.9 Å². The number of nitrogens with zero attached hydrogens (tertiary/aromatic N) is 1. The third kappa shape index (κ3) is 2.83. The smallest absolute Gasteiger partial charge is 0.300 e. The molecule has 88 valence electrons. The molecule has 1 fully saturated rings. The summed E-state index contributed by atoms with van der Waals surface area (Å²) in [6.45, 7) is 1.79. The lowest BCUT2D eigenvalue weighted by Gasteiger charge is -2.08. The Bertz CT molecular complexity index is 496. The van der Waals surface area contributed by atoms with Crippen LogP contribution in [0.4, 0.5) is 11.5 Å². The lowest BCUT2D eigenvalue weighted by Crippen LogP contribution is -2.32. The molecule has 1 aromatic rings. The predicted octanol–water partition coefficient (Wildman–Crippen LogP) is 0.381. The highest BCUT2D eigenvalue weighted by atomic mass is 32.2. The summed E-state index contributed by atoms with van der Waals surface area (Å²) in [5.74, 6) is 0.278. The van der Waals surface area contributed by atoms with Gasteiger partial charge in [-0.3, -0.25) is 4.72 Å². The van der Waals surface area contributed by atoms with Crippen molar-refractivity contribution in [2.24, 2.45) is 0 Å². The summed E-state index contributed by atoms with van der Waals surface area (Å²) in [6.07, 6.45) is 3.23. The minimum Gasteiger partial charge on any atom is -0.397 e. The molecule has 0 aliphatic heterocycles. The van der Waals surface area contributed by atoms with Crippen LogP contribution < -0.4 is 15.2 Å². The molecule has 0 bridgehead atoms. The fourth-order valence-electron chi connectivity index (χ4n) is 1.21. The van der Waals surface area contributed by atoms with Gasteiger partial charge in [-0.1, -0.05) is 0 Å². The van der Waals surface area contributed by atoms with Crippen LogP contribution in [0.25, 0.3) is 0 Å². The number of rotatable bonds is 4. The molecule has 0 unspecified atom stereocenters. The van der Waals surface area contributed by atoms with E-state index in [2.05, 4.69) is 14.4 Å². The van der Waals surface area contributed by atoms with Crippen LogP contribution in [0.3, 0.4) is 0 Å². The maximum atomic E-state index is 11.6. The molecule has 1 aromatic heterocycles. The molecule has 7 heteroatoms. The molecule has 0 radical (unpaired) electrons. The Morgan fingerprint density at radius 3 is 2.75 bits per heavy atom. The highest BCUT2D eigenvalue weighted by Crippen LogP contribution is 2.20. The number of aryl methyl sites for hydroxylation is 1. The predicted molar refractivity (Wildman–Crippen MR) is 62.1 cm³/mol. The van der Waals surface area contributed by atoms with Gasteiger partial charge in [-0.05, 0) is 31.4 Å². The van der Waals surface area contributed by atoms with Crippen LogP contribution in [0.2, 0.25) is 0 Å². The SMILES string of the molecule is Cc1cc(NS(=O)(=O)NC2CC2)ncc1N. The van der Waals surface area contributed by atoms with E-state index in [4.69, 9.17) is 5.73 Å². The van der Waals surface area contributed by atoms with Crippen molar-refractivity contribution in [1.29, 1.82) is 0 Å². The van der Waals surface area contributed by atoms with Crippen LogP contribution >= 0.6 is 0 Å².